The number of carbonyl (C=O) groups excluding carboxylic acids is 1. The minimum atomic E-state index is 0.0715. The van der Waals surface area contributed by atoms with Gasteiger partial charge in [-0.25, -0.2) is 0 Å². The van der Waals surface area contributed by atoms with Crippen molar-refractivity contribution in [3.8, 4) is 5.75 Å². The fraction of sp³-hybridized carbons (Fsp3) is 0.174. The van der Waals surface area contributed by atoms with Crippen molar-refractivity contribution in [2.75, 3.05) is 12.0 Å². The van der Waals surface area contributed by atoms with Gasteiger partial charge in [-0.15, -0.1) is 0 Å². The molecule has 3 aromatic rings. The number of methoxy groups -OCH3 is 1. The van der Waals surface area contributed by atoms with Crippen molar-refractivity contribution in [3.05, 3.63) is 96.1 Å². The van der Waals surface area contributed by atoms with Crippen molar-refractivity contribution in [2.24, 2.45) is 0 Å². The number of nitrogens with zero attached hydrogens (tertiary/aromatic N) is 1. The zero-order chi connectivity index (χ0) is 18.6. The predicted octanol–water partition coefficient (Wildman–Crippen LogP) is 4.48. The first-order chi connectivity index (χ1) is 13.3. The van der Waals surface area contributed by atoms with Gasteiger partial charge < -0.3 is 0 Å². The SMILES string of the molecule is COc1ccc(N2C(=O)[C@H]([Se]Cc3ccccc3)[C@H]2c2ccccc2)cc1. The first-order valence-electron chi connectivity index (χ1n) is 8.95. The Kier molecular flexibility index (Phi) is 5.28. The molecule has 1 saturated heterocycles. The summed E-state index contributed by atoms with van der Waals surface area (Å²) in [6.07, 6.45) is 0. The molecule has 4 heteroatoms. The Balaban J connectivity index is 1.58. The molecular formula is C23H21NO2Se. The fourth-order valence-electron chi connectivity index (χ4n) is 3.39. The average Bonchev–Trinajstić information content (AvgIpc) is 2.74. The number of hydrogen-bond donors (Lipinski definition) is 0. The number of hydrogen-bond acceptors (Lipinski definition) is 2. The van der Waals surface area contributed by atoms with Crippen molar-refractivity contribution in [2.45, 2.75) is 16.2 Å². The van der Waals surface area contributed by atoms with E-state index in [2.05, 4.69) is 36.4 Å². The van der Waals surface area contributed by atoms with Crippen LogP contribution in [0.15, 0.2) is 84.9 Å². The summed E-state index contributed by atoms with van der Waals surface area (Å²) >= 11 is 0.210. The summed E-state index contributed by atoms with van der Waals surface area (Å²) in [6.45, 7) is 0. The summed E-state index contributed by atoms with van der Waals surface area (Å²) in [5.41, 5.74) is 3.44. The molecular weight excluding hydrogens is 401 g/mol. The topological polar surface area (TPSA) is 29.5 Å². The van der Waals surface area contributed by atoms with Gasteiger partial charge in [0.05, 0.1) is 0 Å². The second-order valence-corrected chi connectivity index (χ2v) is 8.85. The van der Waals surface area contributed by atoms with Gasteiger partial charge in [0.15, 0.2) is 0 Å². The van der Waals surface area contributed by atoms with Gasteiger partial charge in [0, 0.05) is 0 Å². The van der Waals surface area contributed by atoms with Gasteiger partial charge in [0.2, 0.25) is 0 Å². The molecule has 1 aliphatic rings. The molecule has 1 amide bonds. The third-order valence-electron chi connectivity index (χ3n) is 4.81. The summed E-state index contributed by atoms with van der Waals surface area (Å²) in [5.74, 6) is 1.03. The van der Waals surface area contributed by atoms with E-state index in [9.17, 15) is 4.79 Å². The van der Waals surface area contributed by atoms with Crippen molar-refractivity contribution in [1.29, 1.82) is 0 Å². The zero-order valence-electron chi connectivity index (χ0n) is 15.1. The Morgan fingerprint density at radius 3 is 2.15 bits per heavy atom. The van der Waals surface area contributed by atoms with E-state index >= 15 is 0 Å². The van der Waals surface area contributed by atoms with E-state index in [1.165, 1.54) is 11.1 Å². The van der Waals surface area contributed by atoms with Crippen molar-refractivity contribution >= 4 is 26.6 Å². The molecule has 0 aliphatic carbocycles. The molecule has 2 atom stereocenters. The van der Waals surface area contributed by atoms with Crippen LogP contribution in [-0.4, -0.2) is 28.0 Å². The molecule has 3 nitrogen and oxygen atoms in total. The molecule has 0 N–H and O–H groups in total. The molecule has 1 aliphatic heterocycles. The van der Waals surface area contributed by atoms with E-state index in [0.717, 1.165) is 16.8 Å². The molecule has 0 spiro atoms. The van der Waals surface area contributed by atoms with Gasteiger partial charge in [-0.2, -0.15) is 0 Å². The monoisotopic (exact) mass is 423 g/mol. The van der Waals surface area contributed by atoms with E-state index in [0.29, 0.717) is 0 Å². The van der Waals surface area contributed by atoms with E-state index in [1.807, 2.05) is 53.4 Å². The third kappa shape index (κ3) is 3.64. The van der Waals surface area contributed by atoms with E-state index in [1.54, 1.807) is 7.11 Å². The molecule has 0 saturated carbocycles. The van der Waals surface area contributed by atoms with Crippen molar-refractivity contribution < 1.29 is 9.53 Å². The van der Waals surface area contributed by atoms with Gasteiger partial charge in [-0.3, -0.25) is 0 Å². The summed E-state index contributed by atoms with van der Waals surface area (Å²) in [7, 11) is 1.65. The second kappa shape index (κ2) is 7.99. The molecule has 3 aromatic carbocycles. The number of anilines is 1. The molecule has 0 aromatic heterocycles. The van der Waals surface area contributed by atoms with Crippen molar-refractivity contribution in [3.63, 3.8) is 0 Å². The Labute approximate surface area is 166 Å². The predicted molar refractivity (Wildman–Crippen MR) is 109 cm³/mol. The zero-order valence-corrected chi connectivity index (χ0v) is 16.8. The Hall–Kier alpha value is -2.55. The van der Waals surface area contributed by atoms with Crippen LogP contribution in [0, 0.1) is 0 Å². The van der Waals surface area contributed by atoms with Gasteiger partial charge in [-0.1, -0.05) is 0 Å². The molecule has 136 valence electrons. The molecule has 4 rings (SSSR count). The molecule has 1 heterocycles. The summed E-state index contributed by atoms with van der Waals surface area (Å²) in [6, 6.07) is 28.7. The Morgan fingerprint density at radius 2 is 1.52 bits per heavy atom. The van der Waals surface area contributed by atoms with Crippen LogP contribution in [0.4, 0.5) is 5.69 Å². The molecule has 0 bridgehead atoms. The van der Waals surface area contributed by atoms with E-state index in [-0.39, 0.29) is 31.7 Å². The number of carbonyl (C=O) groups is 1. The maximum atomic E-state index is 13.0. The third-order valence-corrected chi connectivity index (χ3v) is 7.58. The van der Waals surface area contributed by atoms with Crippen LogP contribution in [0.3, 0.4) is 0 Å². The van der Waals surface area contributed by atoms with E-state index in [4.69, 9.17) is 4.74 Å². The first kappa shape index (κ1) is 17.8. The fourth-order valence-corrected chi connectivity index (χ4v) is 6.08. The van der Waals surface area contributed by atoms with Crippen LogP contribution < -0.4 is 9.64 Å². The molecule has 0 unspecified atom stereocenters. The second-order valence-electron chi connectivity index (χ2n) is 6.48. The number of rotatable bonds is 6. The van der Waals surface area contributed by atoms with Gasteiger partial charge >= 0.3 is 166 Å². The molecule has 27 heavy (non-hydrogen) atoms. The van der Waals surface area contributed by atoms with Crippen LogP contribution in [0.5, 0.6) is 5.75 Å². The maximum absolute atomic E-state index is 13.0. The average molecular weight is 422 g/mol. The van der Waals surface area contributed by atoms with E-state index < -0.39 is 0 Å². The first-order valence-corrected chi connectivity index (χ1v) is 11.2. The van der Waals surface area contributed by atoms with Crippen molar-refractivity contribution in [1.82, 2.24) is 0 Å². The number of β-lactam (4-membered cyclic amide) rings is 1. The minimum absolute atomic E-state index is 0.0715. The van der Waals surface area contributed by atoms with Gasteiger partial charge in [0.1, 0.15) is 0 Å². The van der Waals surface area contributed by atoms with Gasteiger partial charge in [-0.05, 0) is 0 Å². The number of ether oxygens (including phenoxy) is 1. The quantitative estimate of drug-likeness (QED) is 0.433. The Morgan fingerprint density at radius 1 is 0.889 bits per heavy atom. The van der Waals surface area contributed by atoms with Crippen LogP contribution >= 0.6 is 0 Å². The number of amides is 1. The van der Waals surface area contributed by atoms with Crippen LogP contribution in [-0.2, 0) is 10.1 Å². The standard InChI is InChI=1S/C23H21NO2Se/c1-26-20-14-12-19(13-15-20)24-21(18-10-6-3-7-11-18)22(23(24)25)27-16-17-8-4-2-5-9-17/h2-15,21-22H,16H2,1H3/t21-,22-/m1/s1. The Bertz CT molecular complexity index is 897. The molecule has 1 fully saturated rings. The normalized spacial score (nSPS) is 18.9. The summed E-state index contributed by atoms with van der Waals surface area (Å²) in [4.78, 5) is 15.0. The van der Waals surface area contributed by atoms with Gasteiger partial charge in [0.25, 0.3) is 0 Å². The summed E-state index contributed by atoms with van der Waals surface area (Å²) in [5, 5.41) is 0.976. The van der Waals surface area contributed by atoms with Crippen LogP contribution in [0.2, 0.25) is 4.82 Å². The van der Waals surface area contributed by atoms with Crippen LogP contribution in [0.1, 0.15) is 17.2 Å². The number of benzene rings is 3. The molecule has 0 radical (unpaired) electrons. The summed E-state index contributed by atoms with van der Waals surface area (Å²) < 4.78 is 5.25. The van der Waals surface area contributed by atoms with Crippen LogP contribution in [0.25, 0.3) is 0 Å².